The summed E-state index contributed by atoms with van der Waals surface area (Å²) in [5.74, 6) is -0.224. The van der Waals surface area contributed by atoms with Crippen molar-refractivity contribution < 1.29 is 24.4 Å². The van der Waals surface area contributed by atoms with E-state index in [1.54, 1.807) is 21.1 Å². The van der Waals surface area contributed by atoms with E-state index in [0.29, 0.717) is 12.8 Å². The minimum atomic E-state index is -0.941. The molecule has 0 unspecified atom stereocenters. The van der Waals surface area contributed by atoms with Crippen molar-refractivity contribution in [2.24, 2.45) is 11.8 Å². The molecule has 2 rings (SSSR count). The zero-order chi connectivity index (χ0) is 11.9. The molecular weight excluding hydrogens is 212 g/mol. The van der Waals surface area contributed by atoms with Gasteiger partial charge in [-0.2, -0.15) is 0 Å². The van der Waals surface area contributed by atoms with E-state index in [4.69, 9.17) is 14.2 Å². The van der Waals surface area contributed by atoms with Crippen LogP contribution >= 0.6 is 0 Å². The molecule has 1 saturated carbocycles. The van der Waals surface area contributed by atoms with Crippen LogP contribution in [0, 0.1) is 11.8 Å². The third-order valence-corrected chi connectivity index (χ3v) is 3.83. The van der Waals surface area contributed by atoms with Crippen molar-refractivity contribution in [3.8, 4) is 0 Å². The first-order chi connectivity index (χ1) is 7.49. The van der Waals surface area contributed by atoms with Gasteiger partial charge in [0.15, 0.2) is 12.6 Å². The molecule has 1 saturated heterocycles. The molecule has 5 heteroatoms. The van der Waals surface area contributed by atoms with E-state index in [-0.39, 0.29) is 18.1 Å². The van der Waals surface area contributed by atoms with Crippen LogP contribution in [0.3, 0.4) is 0 Å². The van der Waals surface area contributed by atoms with Gasteiger partial charge in [0.1, 0.15) is 0 Å². The van der Waals surface area contributed by atoms with Crippen molar-refractivity contribution in [2.75, 3.05) is 14.2 Å². The van der Waals surface area contributed by atoms with Crippen LogP contribution in [0.25, 0.3) is 0 Å². The number of fused-ring (bicyclic) bond motifs is 1. The predicted molar refractivity (Wildman–Crippen MR) is 55.5 cm³/mol. The molecule has 5 nitrogen and oxygen atoms in total. The molecule has 0 amide bonds. The summed E-state index contributed by atoms with van der Waals surface area (Å²) in [6.45, 7) is 1.73. The van der Waals surface area contributed by atoms with Gasteiger partial charge >= 0.3 is 0 Å². The van der Waals surface area contributed by atoms with Crippen molar-refractivity contribution in [1.29, 1.82) is 0 Å². The van der Waals surface area contributed by atoms with Crippen molar-refractivity contribution in [2.45, 2.75) is 44.1 Å². The predicted octanol–water partition coefficient (Wildman–Crippen LogP) is 0.0997. The highest BCUT2D eigenvalue weighted by Gasteiger charge is 2.56. The van der Waals surface area contributed by atoms with Crippen molar-refractivity contribution in [3.05, 3.63) is 0 Å². The Hall–Kier alpha value is -0.200. The molecule has 2 N–H and O–H groups in total. The lowest BCUT2D eigenvalue weighted by Crippen LogP contribution is -2.49. The number of aliphatic hydroxyl groups is 2. The molecule has 1 aliphatic carbocycles. The Labute approximate surface area is 95.3 Å². The lowest BCUT2D eigenvalue weighted by molar-refractivity contribution is -0.301. The van der Waals surface area contributed by atoms with Gasteiger partial charge in [0.25, 0.3) is 0 Å². The third kappa shape index (κ3) is 1.87. The second kappa shape index (κ2) is 4.23. The van der Waals surface area contributed by atoms with Gasteiger partial charge in [0.05, 0.1) is 11.7 Å². The zero-order valence-corrected chi connectivity index (χ0v) is 9.92. The lowest BCUT2D eigenvalue weighted by atomic mass is 9.82. The Kier molecular flexibility index (Phi) is 3.25. The summed E-state index contributed by atoms with van der Waals surface area (Å²) >= 11 is 0. The van der Waals surface area contributed by atoms with E-state index >= 15 is 0 Å². The van der Waals surface area contributed by atoms with E-state index in [1.165, 1.54) is 0 Å². The zero-order valence-electron chi connectivity index (χ0n) is 9.92. The molecule has 0 aromatic carbocycles. The Balaban J connectivity index is 2.21. The van der Waals surface area contributed by atoms with Gasteiger partial charge in [-0.25, -0.2) is 0 Å². The van der Waals surface area contributed by atoms with Crippen molar-refractivity contribution in [3.63, 3.8) is 0 Å². The second-order valence-corrected chi connectivity index (χ2v) is 4.96. The fourth-order valence-electron chi connectivity index (χ4n) is 3.08. The molecule has 16 heavy (non-hydrogen) atoms. The third-order valence-electron chi connectivity index (χ3n) is 3.83. The Morgan fingerprint density at radius 3 is 2.56 bits per heavy atom. The first kappa shape index (κ1) is 12.3. The van der Waals surface area contributed by atoms with Gasteiger partial charge in [-0.15, -0.1) is 0 Å². The molecule has 2 fully saturated rings. The van der Waals surface area contributed by atoms with Gasteiger partial charge in [0, 0.05) is 38.9 Å². The van der Waals surface area contributed by atoms with Gasteiger partial charge in [-0.3, -0.25) is 0 Å². The summed E-state index contributed by atoms with van der Waals surface area (Å²) in [5, 5.41) is 20.2. The first-order valence-electron chi connectivity index (χ1n) is 5.61. The maximum absolute atomic E-state index is 10.3. The standard InChI is InChI=1S/C11H20O5/c1-11(13)5-7(12)6-4-8(14-2)16-10(15-3)9(6)11/h6-10,12-13H,4-5H2,1-3H3/t6-,7+,8+,9+,10-,11-/m0/s1. The second-order valence-electron chi connectivity index (χ2n) is 4.96. The number of methoxy groups -OCH3 is 2. The van der Waals surface area contributed by atoms with Crippen LogP contribution in [-0.2, 0) is 14.2 Å². The highest BCUT2D eigenvalue weighted by molar-refractivity contribution is 5.02. The minimum absolute atomic E-state index is 0.0290. The monoisotopic (exact) mass is 232 g/mol. The Bertz CT molecular complexity index is 255. The SMILES string of the molecule is CO[C@H]1C[C@@H]2[C@H]([C@@H](OC)O1)[C@@](C)(O)C[C@H]2O. The quantitative estimate of drug-likeness (QED) is 0.706. The van der Waals surface area contributed by atoms with Gasteiger partial charge in [-0.1, -0.05) is 0 Å². The van der Waals surface area contributed by atoms with Crippen LogP contribution < -0.4 is 0 Å². The van der Waals surface area contributed by atoms with E-state index in [9.17, 15) is 10.2 Å². The molecule has 0 spiro atoms. The molecule has 1 aliphatic heterocycles. The number of ether oxygens (including phenoxy) is 3. The highest BCUT2D eigenvalue weighted by Crippen LogP contribution is 2.48. The molecule has 1 heterocycles. The molecule has 0 bridgehead atoms. The van der Waals surface area contributed by atoms with Gasteiger partial charge in [0.2, 0.25) is 0 Å². The average Bonchev–Trinajstić information content (AvgIpc) is 2.48. The molecule has 0 aromatic rings. The van der Waals surface area contributed by atoms with Crippen LogP contribution in [0.5, 0.6) is 0 Å². The van der Waals surface area contributed by atoms with E-state index < -0.39 is 18.0 Å². The smallest absolute Gasteiger partial charge is 0.166 e. The molecule has 0 radical (unpaired) electrons. The van der Waals surface area contributed by atoms with Crippen LogP contribution in [0.4, 0.5) is 0 Å². The molecule has 2 aliphatic rings. The highest BCUT2D eigenvalue weighted by atomic mass is 16.8. The van der Waals surface area contributed by atoms with Gasteiger partial charge < -0.3 is 24.4 Å². The maximum atomic E-state index is 10.3. The molecule has 6 atom stereocenters. The average molecular weight is 232 g/mol. The Morgan fingerprint density at radius 2 is 2.00 bits per heavy atom. The van der Waals surface area contributed by atoms with E-state index in [0.717, 1.165) is 0 Å². The molecular formula is C11H20O5. The number of hydrogen-bond acceptors (Lipinski definition) is 5. The molecule has 94 valence electrons. The Morgan fingerprint density at radius 1 is 1.31 bits per heavy atom. The van der Waals surface area contributed by atoms with E-state index in [2.05, 4.69) is 0 Å². The van der Waals surface area contributed by atoms with Crippen LogP contribution in [-0.4, -0.2) is 48.7 Å². The normalized spacial score (nSPS) is 52.7. The first-order valence-corrected chi connectivity index (χ1v) is 5.61. The van der Waals surface area contributed by atoms with Crippen molar-refractivity contribution >= 4 is 0 Å². The number of hydrogen-bond donors (Lipinski definition) is 2. The minimum Gasteiger partial charge on any atom is -0.393 e. The van der Waals surface area contributed by atoms with Crippen LogP contribution in [0.15, 0.2) is 0 Å². The van der Waals surface area contributed by atoms with E-state index in [1.807, 2.05) is 0 Å². The summed E-state index contributed by atoms with van der Waals surface area (Å²) in [6.07, 6.45) is -0.440. The van der Waals surface area contributed by atoms with Gasteiger partial charge in [-0.05, 0) is 6.92 Å². The number of aliphatic hydroxyl groups excluding tert-OH is 1. The fourth-order valence-corrected chi connectivity index (χ4v) is 3.08. The molecule has 0 aromatic heterocycles. The lowest BCUT2D eigenvalue weighted by Gasteiger charge is -2.41. The van der Waals surface area contributed by atoms with Crippen LogP contribution in [0.1, 0.15) is 19.8 Å². The summed E-state index contributed by atoms with van der Waals surface area (Å²) in [6, 6.07) is 0. The maximum Gasteiger partial charge on any atom is 0.166 e. The number of rotatable bonds is 2. The summed E-state index contributed by atoms with van der Waals surface area (Å²) in [7, 11) is 3.11. The topological polar surface area (TPSA) is 68.2 Å². The largest absolute Gasteiger partial charge is 0.393 e. The summed E-state index contributed by atoms with van der Waals surface area (Å²) < 4.78 is 16.0. The van der Waals surface area contributed by atoms with Crippen molar-refractivity contribution in [1.82, 2.24) is 0 Å². The fraction of sp³-hybridized carbons (Fsp3) is 1.00. The summed E-state index contributed by atoms with van der Waals surface area (Å²) in [4.78, 5) is 0. The van der Waals surface area contributed by atoms with Crippen LogP contribution in [0.2, 0.25) is 0 Å². The summed E-state index contributed by atoms with van der Waals surface area (Å²) in [5.41, 5.74) is -0.941.